The largest absolute Gasteiger partial charge is 0.478 e. The van der Waals surface area contributed by atoms with E-state index in [1.165, 1.54) is 6.20 Å². The molecule has 6 nitrogen and oxygen atoms in total. The van der Waals surface area contributed by atoms with Crippen LogP contribution >= 0.6 is 11.8 Å². The molecule has 1 aliphatic rings. The van der Waals surface area contributed by atoms with Crippen LogP contribution in [0.4, 0.5) is 0 Å². The van der Waals surface area contributed by atoms with Crippen molar-refractivity contribution in [2.75, 3.05) is 19.3 Å². The van der Waals surface area contributed by atoms with E-state index in [9.17, 15) is 9.59 Å². The predicted octanol–water partition coefficient (Wildman–Crippen LogP) is 2.78. The van der Waals surface area contributed by atoms with Crippen molar-refractivity contribution in [2.24, 2.45) is 0 Å². The van der Waals surface area contributed by atoms with Crippen LogP contribution in [0, 0.1) is 0 Å². The molecular weight excluding hydrogens is 326 g/mol. The first-order valence-electron chi connectivity index (χ1n) is 7.80. The molecule has 0 radical (unpaired) electrons. The molecule has 7 heteroatoms. The average Bonchev–Trinajstić information content (AvgIpc) is 3.11. The average molecular weight is 345 g/mol. The number of carbonyl (C=O) groups excluding carboxylic acids is 1. The summed E-state index contributed by atoms with van der Waals surface area (Å²) in [5.74, 6) is -0.910. The lowest BCUT2D eigenvalue weighted by molar-refractivity contribution is 0.0685. The first-order valence-corrected chi connectivity index (χ1v) is 9.02. The Morgan fingerprint density at radius 2 is 1.96 bits per heavy atom. The van der Waals surface area contributed by atoms with E-state index in [1.54, 1.807) is 22.6 Å². The van der Waals surface area contributed by atoms with Gasteiger partial charge in [0, 0.05) is 24.2 Å². The van der Waals surface area contributed by atoms with E-state index in [2.05, 4.69) is 5.10 Å². The zero-order valence-electron chi connectivity index (χ0n) is 13.4. The minimum atomic E-state index is -0.970. The molecule has 2 heterocycles. The van der Waals surface area contributed by atoms with Crippen LogP contribution in [0.25, 0.3) is 0 Å². The fourth-order valence-electron chi connectivity index (χ4n) is 2.97. The molecule has 1 aromatic heterocycles. The Hall–Kier alpha value is -2.28. The quantitative estimate of drug-likeness (QED) is 0.863. The van der Waals surface area contributed by atoms with Crippen LogP contribution in [0.2, 0.25) is 0 Å². The molecule has 3 rings (SSSR count). The summed E-state index contributed by atoms with van der Waals surface area (Å²) in [4.78, 5) is 26.5. The van der Waals surface area contributed by atoms with Crippen LogP contribution in [0.3, 0.4) is 0 Å². The lowest BCUT2D eigenvalue weighted by Gasteiger charge is -2.32. The Kier molecular flexibility index (Phi) is 4.89. The molecule has 2 aromatic rings. The van der Waals surface area contributed by atoms with Gasteiger partial charge in [-0.05, 0) is 31.2 Å². The number of hydrogen-bond donors (Lipinski definition) is 1. The normalized spacial score (nSPS) is 15.5. The van der Waals surface area contributed by atoms with Gasteiger partial charge >= 0.3 is 5.97 Å². The number of benzene rings is 1. The lowest BCUT2D eigenvalue weighted by Crippen LogP contribution is -2.39. The number of likely N-dealkylation sites (tertiary alicyclic amines) is 1. The molecule has 126 valence electrons. The molecule has 0 bridgehead atoms. The van der Waals surface area contributed by atoms with Gasteiger partial charge in [-0.3, -0.25) is 9.48 Å². The van der Waals surface area contributed by atoms with E-state index in [4.69, 9.17) is 5.11 Å². The first-order chi connectivity index (χ1) is 11.6. The maximum absolute atomic E-state index is 12.7. The van der Waals surface area contributed by atoms with Crippen molar-refractivity contribution >= 4 is 23.6 Å². The van der Waals surface area contributed by atoms with Gasteiger partial charge in [-0.15, -0.1) is 11.8 Å². The van der Waals surface area contributed by atoms with Gasteiger partial charge in [0.15, 0.2) is 0 Å². The lowest BCUT2D eigenvalue weighted by atomic mass is 10.0. The summed E-state index contributed by atoms with van der Waals surface area (Å²) in [7, 11) is 0. The van der Waals surface area contributed by atoms with Crippen LogP contribution in [0.5, 0.6) is 0 Å². The van der Waals surface area contributed by atoms with Crippen molar-refractivity contribution < 1.29 is 14.7 Å². The summed E-state index contributed by atoms with van der Waals surface area (Å²) in [6.07, 6.45) is 6.44. The number of carbonyl (C=O) groups is 2. The van der Waals surface area contributed by atoms with Crippen molar-refractivity contribution in [1.29, 1.82) is 0 Å². The van der Waals surface area contributed by atoms with Gasteiger partial charge in [-0.25, -0.2) is 4.79 Å². The highest BCUT2D eigenvalue weighted by molar-refractivity contribution is 7.98. The number of carboxylic acids is 1. The van der Waals surface area contributed by atoms with Gasteiger partial charge < -0.3 is 10.0 Å². The molecule has 1 aliphatic heterocycles. The number of rotatable bonds is 4. The Labute approximate surface area is 144 Å². The summed E-state index contributed by atoms with van der Waals surface area (Å²) in [5, 5.41) is 13.1. The van der Waals surface area contributed by atoms with Crippen LogP contribution in [0.1, 0.15) is 39.6 Å². The SMILES string of the molecule is CSc1ccccc1C(=O)N1CCC(n2cc(C(=O)O)cn2)CC1. The van der Waals surface area contributed by atoms with Gasteiger partial charge in [0.1, 0.15) is 0 Å². The second-order valence-electron chi connectivity index (χ2n) is 5.74. The van der Waals surface area contributed by atoms with Crippen molar-refractivity contribution in [3.63, 3.8) is 0 Å². The number of aromatic carboxylic acids is 1. The van der Waals surface area contributed by atoms with Gasteiger partial charge in [-0.1, -0.05) is 12.1 Å². The predicted molar refractivity (Wildman–Crippen MR) is 91.6 cm³/mol. The van der Waals surface area contributed by atoms with Crippen LogP contribution in [-0.4, -0.2) is 51.0 Å². The topological polar surface area (TPSA) is 75.4 Å². The van der Waals surface area contributed by atoms with E-state index >= 15 is 0 Å². The van der Waals surface area contributed by atoms with Gasteiger partial charge in [-0.2, -0.15) is 5.10 Å². The molecule has 1 aromatic carbocycles. The molecule has 24 heavy (non-hydrogen) atoms. The highest BCUT2D eigenvalue weighted by Gasteiger charge is 2.26. The molecule has 0 atom stereocenters. The van der Waals surface area contributed by atoms with Crippen LogP contribution in [0.15, 0.2) is 41.6 Å². The van der Waals surface area contributed by atoms with Crippen LogP contribution in [-0.2, 0) is 0 Å². The summed E-state index contributed by atoms with van der Waals surface area (Å²) in [5.41, 5.74) is 0.943. The van der Waals surface area contributed by atoms with E-state index in [0.717, 1.165) is 23.3 Å². The molecule has 1 fully saturated rings. The van der Waals surface area contributed by atoms with E-state index in [-0.39, 0.29) is 17.5 Å². The molecule has 1 N–H and O–H groups in total. The molecule has 0 saturated carbocycles. The van der Waals surface area contributed by atoms with Crippen molar-refractivity contribution in [3.05, 3.63) is 47.8 Å². The number of amides is 1. The third-order valence-corrected chi connectivity index (χ3v) is 5.11. The first kappa shape index (κ1) is 16.6. The number of aromatic nitrogens is 2. The fourth-order valence-corrected chi connectivity index (χ4v) is 3.56. The third kappa shape index (κ3) is 3.31. The number of hydrogen-bond acceptors (Lipinski definition) is 4. The van der Waals surface area contributed by atoms with Gasteiger partial charge in [0.2, 0.25) is 0 Å². The molecular formula is C17H19N3O3S. The summed E-state index contributed by atoms with van der Waals surface area (Å²) in [6.45, 7) is 1.29. The minimum Gasteiger partial charge on any atom is -0.478 e. The van der Waals surface area contributed by atoms with E-state index < -0.39 is 5.97 Å². The van der Waals surface area contributed by atoms with Crippen molar-refractivity contribution in [2.45, 2.75) is 23.8 Å². The summed E-state index contributed by atoms with van der Waals surface area (Å²) < 4.78 is 1.71. The molecule has 0 aliphatic carbocycles. The number of thioether (sulfide) groups is 1. The second-order valence-corrected chi connectivity index (χ2v) is 6.59. The monoisotopic (exact) mass is 345 g/mol. The molecule has 1 saturated heterocycles. The fraction of sp³-hybridized carbons (Fsp3) is 0.353. The zero-order chi connectivity index (χ0) is 17.1. The maximum Gasteiger partial charge on any atom is 0.338 e. The minimum absolute atomic E-state index is 0.0603. The van der Waals surface area contributed by atoms with Crippen molar-refractivity contribution in [1.82, 2.24) is 14.7 Å². The maximum atomic E-state index is 12.7. The van der Waals surface area contributed by atoms with E-state index in [1.807, 2.05) is 35.4 Å². The Morgan fingerprint density at radius 3 is 2.58 bits per heavy atom. The third-order valence-electron chi connectivity index (χ3n) is 4.31. The van der Waals surface area contributed by atoms with Crippen molar-refractivity contribution in [3.8, 4) is 0 Å². The summed E-state index contributed by atoms with van der Waals surface area (Å²) >= 11 is 1.57. The van der Waals surface area contributed by atoms with Gasteiger partial charge in [0.25, 0.3) is 5.91 Å². The Bertz CT molecular complexity index is 751. The van der Waals surface area contributed by atoms with Gasteiger partial charge in [0.05, 0.1) is 23.4 Å². The second kappa shape index (κ2) is 7.09. The Balaban J connectivity index is 1.66. The van der Waals surface area contributed by atoms with Crippen LogP contribution < -0.4 is 0 Å². The smallest absolute Gasteiger partial charge is 0.338 e. The molecule has 0 unspecified atom stereocenters. The highest BCUT2D eigenvalue weighted by Crippen LogP contribution is 2.26. The Morgan fingerprint density at radius 1 is 1.25 bits per heavy atom. The zero-order valence-corrected chi connectivity index (χ0v) is 14.2. The highest BCUT2D eigenvalue weighted by atomic mass is 32.2. The number of nitrogens with zero attached hydrogens (tertiary/aromatic N) is 3. The standard InChI is InChI=1S/C17H19N3O3S/c1-24-15-5-3-2-4-14(15)16(21)19-8-6-13(7-9-19)20-11-12(10-18-20)17(22)23/h2-5,10-11,13H,6-9H2,1H3,(H,22,23). The number of piperidine rings is 1. The molecule has 1 amide bonds. The summed E-state index contributed by atoms with van der Waals surface area (Å²) in [6, 6.07) is 7.79. The number of carboxylic acid groups (broad SMARTS) is 1. The van der Waals surface area contributed by atoms with E-state index in [0.29, 0.717) is 13.1 Å². The molecule has 0 spiro atoms.